The van der Waals surface area contributed by atoms with Gasteiger partial charge in [-0.05, 0) is 12.8 Å². The molecule has 0 bridgehead atoms. The molecule has 1 saturated heterocycles. The number of carbonyl (C=O) groups excluding carboxylic acids is 1. The van der Waals surface area contributed by atoms with E-state index in [2.05, 4.69) is 13.8 Å². The molecule has 0 aromatic rings. The molecule has 0 aliphatic carbocycles. The fraction of sp³-hybridized carbons (Fsp3) is 0.980. The number of carbonyl (C=O) groups is 1. The zero-order valence-electron chi connectivity index (χ0n) is 39.0. The summed E-state index contributed by atoms with van der Waals surface area (Å²) in [5.74, 6) is -0.502. The largest absolute Gasteiger partial charge is 0.457 e. The van der Waals surface area contributed by atoms with Gasteiger partial charge in [-0.15, -0.1) is 0 Å². The lowest BCUT2D eigenvalue weighted by atomic mass is 9.99. The number of ether oxygens (including phenoxy) is 3. The minimum atomic E-state index is -1.63. The smallest absolute Gasteiger partial charge is 0.306 e. The molecular weight excluding hydrogens is 761 g/mol. The van der Waals surface area contributed by atoms with Crippen LogP contribution in [0.2, 0.25) is 0 Å². The first-order valence-electron chi connectivity index (χ1n) is 25.7. The third-order valence-electron chi connectivity index (χ3n) is 12.7. The van der Waals surface area contributed by atoms with Crippen LogP contribution in [0.25, 0.3) is 0 Å². The first kappa shape index (κ1) is 57.2. The molecule has 8 atom stereocenters. The molecule has 1 heterocycles. The number of hydrogen-bond acceptors (Lipinski definition) is 10. The minimum Gasteiger partial charge on any atom is -0.457 e. The predicted octanol–water partition coefficient (Wildman–Crippen LogP) is 10.9. The molecule has 0 aromatic carbocycles. The molecule has 0 unspecified atom stereocenters. The second-order valence-corrected chi connectivity index (χ2v) is 18.3. The van der Waals surface area contributed by atoms with Crippen LogP contribution in [-0.2, 0) is 19.0 Å². The van der Waals surface area contributed by atoms with Gasteiger partial charge in [0.05, 0.1) is 19.3 Å². The van der Waals surface area contributed by atoms with E-state index >= 15 is 0 Å². The van der Waals surface area contributed by atoms with Crippen molar-refractivity contribution in [3.63, 3.8) is 0 Å². The lowest BCUT2D eigenvalue weighted by Crippen LogP contribution is -2.59. The second kappa shape index (κ2) is 40.9. The number of aliphatic hydroxyl groups is 6. The highest BCUT2D eigenvalue weighted by Crippen LogP contribution is 2.24. The number of esters is 1. The molecule has 358 valence electrons. The van der Waals surface area contributed by atoms with Crippen molar-refractivity contribution in [3.8, 4) is 0 Å². The maximum absolute atomic E-state index is 12.9. The maximum Gasteiger partial charge on any atom is 0.306 e. The summed E-state index contributed by atoms with van der Waals surface area (Å²) in [6.07, 6.45) is 33.4. The van der Waals surface area contributed by atoms with Gasteiger partial charge in [-0.25, -0.2) is 0 Å². The molecule has 1 aliphatic heterocycles. The van der Waals surface area contributed by atoms with Gasteiger partial charge in [0.25, 0.3) is 0 Å². The van der Waals surface area contributed by atoms with E-state index in [0.717, 1.165) is 44.9 Å². The Morgan fingerprint density at radius 2 is 0.850 bits per heavy atom. The minimum absolute atomic E-state index is 0.178. The van der Waals surface area contributed by atoms with Gasteiger partial charge in [0, 0.05) is 6.42 Å². The van der Waals surface area contributed by atoms with E-state index in [1.54, 1.807) is 0 Å². The Bertz CT molecular complexity index is 921. The van der Waals surface area contributed by atoms with Crippen LogP contribution < -0.4 is 0 Å². The molecule has 6 N–H and O–H groups in total. The molecule has 1 aliphatic rings. The van der Waals surface area contributed by atoms with Crippen molar-refractivity contribution in [1.29, 1.82) is 0 Å². The van der Waals surface area contributed by atoms with Crippen LogP contribution in [0.1, 0.15) is 251 Å². The molecule has 0 radical (unpaired) electrons. The maximum atomic E-state index is 12.9. The lowest BCUT2D eigenvalue weighted by Gasteiger charge is -2.40. The van der Waals surface area contributed by atoms with Crippen molar-refractivity contribution in [2.75, 3.05) is 13.2 Å². The summed E-state index contributed by atoms with van der Waals surface area (Å²) < 4.78 is 16.7. The van der Waals surface area contributed by atoms with Gasteiger partial charge in [-0.1, -0.05) is 232 Å². The van der Waals surface area contributed by atoms with Gasteiger partial charge in [-0.3, -0.25) is 4.79 Å². The molecule has 0 amide bonds. The number of hydrogen-bond donors (Lipinski definition) is 6. The summed E-state index contributed by atoms with van der Waals surface area (Å²) in [7, 11) is 0. The zero-order valence-corrected chi connectivity index (χ0v) is 39.0. The predicted molar refractivity (Wildman–Crippen MR) is 244 cm³/mol. The summed E-state index contributed by atoms with van der Waals surface area (Å²) >= 11 is 0. The second-order valence-electron chi connectivity index (χ2n) is 18.3. The van der Waals surface area contributed by atoms with E-state index in [0.29, 0.717) is 12.8 Å². The van der Waals surface area contributed by atoms with E-state index < -0.39 is 68.2 Å². The van der Waals surface area contributed by atoms with Crippen molar-refractivity contribution in [2.45, 2.75) is 300 Å². The molecule has 60 heavy (non-hydrogen) atoms. The van der Waals surface area contributed by atoms with Crippen molar-refractivity contribution in [2.24, 2.45) is 0 Å². The highest BCUT2D eigenvalue weighted by atomic mass is 16.7. The van der Waals surface area contributed by atoms with E-state index in [1.807, 2.05) is 0 Å². The lowest BCUT2D eigenvalue weighted by molar-refractivity contribution is -0.306. The standard InChI is InChI=1S/C50H98O10/c1-3-5-7-9-11-13-15-17-18-19-20-21-22-23-24-25-26-27-29-31-33-35-37-39-45(53)59-44(41-58-50-49(57)48(56)47(55)43(40-51)60-50)46(54)42(52)38-36-34-32-30-28-16-14-12-10-8-6-4-2/h42-44,46-52,54-57H,3-41H2,1-2H3/t42-,43-,44+,46-,47+,48+,49-,50+/m1/s1. The highest BCUT2D eigenvalue weighted by Gasteiger charge is 2.44. The normalized spacial score (nSPS) is 21.0. The summed E-state index contributed by atoms with van der Waals surface area (Å²) in [4.78, 5) is 12.9. The molecular formula is C50H98O10. The summed E-state index contributed by atoms with van der Waals surface area (Å²) in [6.45, 7) is 3.50. The van der Waals surface area contributed by atoms with E-state index in [4.69, 9.17) is 14.2 Å². The molecule has 1 fully saturated rings. The molecule has 0 aromatic heterocycles. The van der Waals surface area contributed by atoms with Crippen LogP contribution in [0.4, 0.5) is 0 Å². The van der Waals surface area contributed by atoms with Crippen LogP contribution in [-0.4, -0.2) is 98.8 Å². The van der Waals surface area contributed by atoms with Crippen molar-refractivity contribution in [1.82, 2.24) is 0 Å². The van der Waals surface area contributed by atoms with E-state index in [9.17, 15) is 35.4 Å². The third-order valence-corrected chi connectivity index (χ3v) is 12.7. The van der Waals surface area contributed by atoms with Gasteiger partial charge >= 0.3 is 5.97 Å². The van der Waals surface area contributed by atoms with Gasteiger partial charge in [0.15, 0.2) is 12.4 Å². The average molecular weight is 859 g/mol. The molecule has 0 saturated carbocycles. The Morgan fingerprint density at radius 1 is 0.500 bits per heavy atom. The number of aliphatic hydroxyl groups excluding tert-OH is 6. The van der Waals surface area contributed by atoms with E-state index in [-0.39, 0.29) is 6.42 Å². The van der Waals surface area contributed by atoms with Crippen molar-refractivity contribution < 1.29 is 49.6 Å². The molecule has 10 nitrogen and oxygen atoms in total. The summed E-state index contributed by atoms with van der Waals surface area (Å²) in [6, 6.07) is 0. The summed E-state index contributed by atoms with van der Waals surface area (Å²) in [5, 5.41) is 62.3. The fourth-order valence-electron chi connectivity index (χ4n) is 8.49. The van der Waals surface area contributed by atoms with Crippen LogP contribution in [0.3, 0.4) is 0 Å². The van der Waals surface area contributed by atoms with Crippen LogP contribution in [0.15, 0.2) is 0 Å². The average Bonchev–Trinajstić information content (AvgIpc) is 3.25. The molecule has 0 spiro atoms. The number of rotatable bonds is 44. The van der Waals surface area contributed by atoms with Gasteiger partial charge < -0.3 is 44.8 Å². The van der Waals surface area contributed by atoms with Crippen LogP contribution in [0.5, 0.6) is 0 Å². The topological polar surface area (TPSA) is 166 Å². The quantitative estimate of drug-likeness (QED) is 0.0256. The Balaban J connectivity index is 2.26. The van der Waals surface area contributed by atoms with E-state index in [1.165, 1.54) is 173 Å². The van der Waals surface area contributed by atoms with Crippen LogP contribution in [0, 0.1) is 0 Å². The van der Waals surface area contributed by atoms with Crippen LogP contribution >= 0.6 is 0 Å². The number of unbranched alkanes of at least 4 members (excludes halogenated alkanes) is 33. The van der Waals surface area contributed by atoms with Gasteiger partial charge in [0.2, 0.25) is 0 Å². The Kier molecular flexibility index (Phi) is 39.0. The molecule has 10 heteroatoms. The van der Waals surface area contributed by atoms with Crippen molar-refractivity contribution in [3.05, 3.63) is 0 Å². The Labute approximate surface area is 368 Å². The monoisotopic (exact) mass is 859 g/mol. The van der Waals surface area contributed by atoms with Crippen molar-refractivity contribution >= 4 is 5.97 Å². The SMILES string of the molecule is CCCCCCCCCCCCCCCCCCCCCCCCCC(=O)O[C@@H](CO[C@H]1O[C@H](CO)[C@H](O)[C@H](O)[C@H]1O)[C@H](O)[C@H](O)CCCCCCCCCCCCCC. The fourth-order valence-corrected chi connectivity index (χ4v) is 8.49. The zero-order chi connectivity index (χ0) is 43.9. The third kappa shape index (κ3) is 30.3. The first-order chi connectivity index (χ1) is 29.3. The first-order valence-corrected chi connectivity index (χ1v) is 25.7. The van der Waals surface area contributed by atoms with Gasteiger partial charge in [0.1, 0.15) is 30.5 Å². The van der Waals surface area contributed by atoms with Gasteiger partial charge in [-0.2, -0.15) is 0 Å². The molecule has 1 rings (SSSR count). The summed E-state index contributed by atoms with van der Waals surface area (Å²) in [5.41, 5.74) is 0. The highest BCUT2D eigenvalue weighted by molar-refractivity contribution is 5.69. The Morgan fingerprint density at radius 3 is 1.22 bits per heavy atom. The Hall–Kier alpha value is -0.850.